The summed E-state index contributed by atoms with van der Waals surface area (Å²) in [4.78, 5) is 7.91. The molecule has 0 saturated heterocycles. The fourth-order valence-electron chi connectivity index (χ4n) is 1.34. The fourth-order valence-corrected chi connectivity index (χ4v) is 2.02. The second kappa shape index (κ2) is 6.87. The summed E-state index contributed by atoms with van der Waals surface area (Å²) in [6.45, 7) is 0.235. The molecule has 0 radical (unpaired) electrons. The van der Waals surface area contributed by atoms with E-state index in [1.54, 1.807) is 17.5 Å². The van der Waals surface area contributed by atoms with E-state index in [0.717, 1.165) is 6.07 Å². The molecule has 110 valence electrons. The molecule has 0 bridgehead atoms. The lowest BCUT2D eigenvalue weighted by molar-refractivity contribution is -0.141. The van der Waals surface area contributed by atoms with Gasteiger partial charge in [-0.25, -0.2) is 0 Å². The number of nitrogens with zero attached hydrogens (tertiary/aromatic N) is 2. The van der Waals surface area contributed by atoms with E-state index in [0.29, 0.717) is 4.88 Å². The van der Waals surface area contributed by atoms with E-state index in [9.17, 15) is 13.2 Å². The van der Waals surface area contributed by atoms with E-state index in [1.165, 1.54) is 11.3 Å². The summed E-state index contributed by atoms with van der Waals surface area (Å²) in [5.41, 5.74) is 4.39. The van der Waals surface area contributed by atoms with Gasteiger partial charge in [0, 0.05) is 6.54 Å². The third-order valence-corrected chi connectivity index (χ3v) is 3.01. The molecule has 0 spiro atoms. The van der Waals surface area contributed by atoms with Crippen LogP contribution in [0, 0.1) is 0 Å². The second-order valence-corrected chi connectivity index (χ2v) is 4.48. The average Bonchev–Trinajstić information content (AvgIpc) is 2.89. The molecule has 20 heavy (non-hydrogen) atoms. The summed E-state index contributed by atoms with van der Waals surface area (Å²) in [6.07, 6.45) is -4.55. The highest BCUT2D eigenvalue weighted by Gasteiger charge is 2.34. The molecular weight excluding hydrogens is 315 g/mol. The highest BCUT2D eigenvalue weighted by Crippen LogP contribution is 2.32. The van der Waals surface area contributed by atoms with Crippen molar-refractivity contribution in [2.45, 2.75) is 6.18 Å². The van der Waals surface area contributed by atoms with Gasteiger partial charge in [-0.05, 0) is 17.5 Å². The van der Waals surface area contributed by atoms with Crippen molar-refractivity contribution in [1.82, 2.24) is 9.97 Å². The molecule has 0 aromatic carbocycles. The highest BCUT2D eigenvalue weighted by molar-refractivity contribution is 7.13. The SMILES string of the molecule is Cl.NCCOc1nc(-c2cccs2)cc(C(F)(F)F)n1. The molecule has 0 aliphatic carbocycles. The van der Waals surface area contributed by atoms with Gasteiger partial charge < -0.3 is 10.5 Å². The van der Waals surface area contributed by atoms with Crippen molar-refractivity contribution < 1.29 is 17.9 Å². The maximum atomic E-state index is 12.7. The van der Waals surface area contributed by atoms with Gasteiger partial charge in [0.05, 0.1) is 10.6 Å². The molecule has 4 nitrogen and oxygen atoms in total. The van der Waals surface area contributed by atoms with Crippen molar-refractivity contribution >= 4 is 23.7 Å². The van der Waals surface area contributed by atoms with Crippen LogP contribution in [-0.4, -0.2) is 23.1 Å². The van der Waals surface area contributed by atoms with E-state index in [4.69, 9.17) is 10.5 Å². The molecular formula is C11H11ClF3N3OS. The maximum Gasteiger partial charge on any atom is 0.433 e. The number of alkyl halides is 3. The molecule has 2 N–H and O–H groups in total. The van der Waals surface area contributed by atoms with Gasteiger partial charge in [0.1, 0.15) is 6.61 Å². The first kappa shape index (κ1) is 16.7. The predicted octanol–water partition coefficient (Wildman–Crippen LogP) is 2.98. The van der Waals surface area contributed by atoms with Crippen LogP contribution in [0.25, 0.3) is 10.6 Å². The lowest BCUT2D eigenvalue weighted by atomic mass is 10.3. The van der Waals surface area contributed by atoms with Crippen molar-refractivity contribution in [1.29, 1.82) is 0 Å². The molecule has 0 unspecified atom stereocenters. The third kappa shape index (κ3) is 4.06. The molecule has 0 saturated carbocycles. The largest absolute Gasteiger partial charge is 0.462 e. The number of halogens is 4. The fraction of sp³-hybridized carbons (Fsp3) is 0.273. The predicted molar refractivity (Wildman–Crippen MR) is 72.1 cm³/mol. The zero-order chi connectivity index (χ0) is 13.9. The van der Waals surface area contributed by atoms with Crippen molar-refractivity contribution in [3.8, 4) is 16.6 Å². The summed E-state index contributed by atoms with van der Waals surface area (Å²) >= 11 is 1.29. The van der Waals surface area contributed by atoms with Crippen LogP contribution in [0.4, 0.5) is 13.2 Å². The Labute approximate surface area is 123 Å². The highest BCUT2D eigenvalue weighted by atomic mass is 35.5. The molecule has 9 heteroatoms. The van der Waals surface area contributed by atoms with Crippen molar-refractivity contribution in [3.05, 3.63) is 29.3 Å². The van der Waals surface area contributed by atoms with E-state index >= 15 is 0 Å². The van der Waals surface area contributed by atoms with Crippen LogP contribution < -0.4 is 10.5 Å². The maximum absolute atomic E-state index is 12.7. The standard InChI is InChI=1S/C11H10F3N3OS.ClH/c12-11(13,14)9-6-7(8-2-1-5-19-8)16-10(17-9)18-4-3-15;/h1-2,5-6H,3-4,15H2;1H. The number of thiophene rings is 1. The summed E-state index contributed by atoms with van der Waals surface area (Å²) < 4.78 is 43.2. The molecule has 0 amide bonds. The van der Waals surface area contributed by atoms with Crippen LogP contribution in [0.1, 0.15) is 5.69 Å². The Morgan fingerprint density at radius 2 is 2.05 bits per heavy atom. The topological polar surface area (TPSA) is 61.0 Å². The first-order chi connectivity index (χ1) is 9.00. The van der Waals surface area contributed by atoms with Gasteiger partial charge in [0.25, 0.3) is 0 Å². The third-order valence-electron chi connectivity index (χ3n) is 2.12. The Bertz CT molecular complexity index is 548. The second-order valence-electron chi connectivity index (χ2n) is 3.53. The average molecular weight is 326 g/mol. The first-order valence-electron chi connectivity index (χ1n) is 5.33. The molecule has 0 aliphatic heterocycles. The molecule has 2 rings (SSSR count). The van der Waals surface area contributed by atoms with Crippen LogP contribution in [0.5, 0.6) is 6.01 Å². The molecule has 0 atom stereocenters. The summed E-state index contributed by atoms with van der Waals surface area (Å²) in [7, 11) is 0. The molecule has 0 fully saturated rings. The Balaban J connectivity index is 0.00000200. The molecule has 2 heterocycles. The van der Waals surface area contributed by atoms with Gasteiger partial charge in [-0.2, -0.15) is 23.1 Å². The normalized spacial score (nSPS) is 11.0. The minimum atomic E-state index is -4.55. The Kier molecular flexibility index (Phi) is 5.73. The lowest BCUT2D eigenvalue weighted by Crippen LogP contribution is -2.15. The monoisotopic (exact) mass is 325 g/mol. The smallest absolute Gasteiger partial charge is 0.433 e. The van der Waals surface area contributed by atoms with Crippen LogP contribution in [0.15, 0.2) is 23.6 Å². The molecule has 2 aromatic heterocycles. The number of ether oxygens (including phenoxy) is 1. The van der Waals surface area contributed by atoms with Crippen molar-refractivity contribution in [2.75, 3.05) is 13.2 Å². The number of aromatic nitrogens is 2. The van der Waals surface area contributed by atoms with Crippen LogP contribution in [0.2, 0.25) is 0 Å². The first-order valence-corrected chi connectivity index (χ1v) is 6.21. The Morgan fingerprint density at radius 1 is 1.30 bits per heavy atom. The quantitative estimate of drug-likeness (QED) is 0.938. The molecule has 0 aliphatic rings. The van der Waals surface area contributed by atoms with Gasteiger partial charge in [-0.15, -0.1) is 23.7 Å². The minimum Gasteiger partial charge on any atom is -0.462 e. The summed E-state index contributed by atoms with van der Waals surface area (Å²) in [5, 5.41) is 1.76. The number of rotatable bonds is 4. The van der Waals surface area contributed by atoms with Crippen LogP contribution in [-0.2, 0) is 6.18 Å². The zero-order valence-corrected chi connectivity index (χ0v) is 11.7. The van der Waals surface area contributed by atoms with Crippen LogP contribution >= 0.6 is 23.7 Å². The van der Waals surface area contributed by atoms with Gasteiger partial charge in [0.2, 0.25) is 0 Å². The van der Waals surface area contributed by atoms with Gasteiger partial charge in [0.15, 0.2) is 5.69 Å². The number of hydrogen-bond acceptors (Lipinski definition) is 5. The summed E-state index contributed by atoms with van der Waals surface area (Å²) in [5.74, 6) is 0. The zero-order valence-electron chi connectivity index (χ0n) is 10.1. The van der Waals surface area contributed by atoms with Crippen molar-refractivity contribution in [2.24, 2.45) is 5.73 Å². The molecule has 2 aromatic rings. The Morgan fingerprint density at radius 3 is 2.60 bits per heavy atom. The van der Waals surface area contributed by atoms with Crippen molar-refractivity contribution in [3.63, 3.8) is 0 Å². The number of nitrogens with two attached hydrogens (primary N) is 1. The van der Waals surface area contributed by atoms with Gasteiger partial charge >= 0.3 is 12.2 Å². The van der Waals surface area contributed by atoms with Gasteiger partial charge in [-0.3, -0.25) is 0 Å². The lowest BCUT2D eigenvalue weighted by Gasteiger charge is -2.10. The van der Waals surface area contributed by atoms with E-state index < -0.39 is 11.9 Å². The van der Waals surface area contributed by atoms with E-state index in [-0.39, 0.29) is 37.3 Å². The van der Waals surface area contributed by atoms with E-state index in [1.807, 2.05) is 0 Å². The van der Waals surface area contributed by atoms with E-state index in [2.05, 4.69) is 9.97 Å². The number of hydrogen-bond donors (Lipinski definition) is 1. The van der Waals surface area contributed by atoms with Gasteiger partial charge in [-0.1, -0.05) is 6.07 Å². The van der Waals surface area contributed by atoms with Crippen LogP contribution in [0.3, 0.4) is 0 Å². The summed E-state index contributed by atoms with van der Waals surface area (Å²) in [6, 6.07) is 4.00. The minimum absolute atomic E-state index is 0. The Hall–Kier alpha value is -1.38.